The van der Waals surface area contributed by atoms with Gasteiger partial charge in [0, 0.05) is 41.7 Å². The van der Waals surface area contributed by atoms with Gasteiger partial charge in [-0.3, -0.25) is 19.7 Å². The molecular weight excluding hydrogens is 420 g/mol. The molecule has 0 bridgehead atoms. The predicted octanol–water partition coefficient (Wildman–Crippen LogP) is 5.01. The van der Waals surface area contributed by atoms with Crippen molar-refractivity contribution in [1.82, 2.24) is 0 Å². The number of hydrogen-bond acceptors (Lipinski definition) is 5. The number of hydrogen-bond donors (Lipinski definition) is 2. The minimum Gasteiger partial charge on any atom is -0.366 e. The average Bonchev–Trinajstić information content (AvgIpc) is 3.34. The fourth-order valence-corrected chi connectivity index (χ4v) is 3.87. The third-order valence-corrected chi connectivity index (χ3v) is 5.56. The Morgan fingerprint density at radius 2 is 1.42 bits per heavy atom. The fraction of sp³-hybridized carbons (Fsp3) is 0.200. The summed E-state index contributed by atoms with van der Waals surface area (Å²) in [5.74, 6) is -0.663. The molecule has 0 radical (unpaired) electrons. The number of amides is 2. The summed E-state index contributed by atoms with van der Waals surface area (Å²) >= 11 is 0. The van der Waals surface area contributed by atoms with Crippen molar-refractivity contribution in [2.45, 2.75) is 19.8 Å². The first-order valence-corrected chi connectivity index (χ1v) is 10.7. The Kier molecular flexibility index (Phi) is 6.35. The number of carbonyl (C=O) groups excluding carboxylic acids is 2. The monoisotopic (exact) mass is 444 g/mol. The first-order valence-electron chi connectivity index (χ1n) is 10.7. The molecule has 8 heteroatoms. The lowest BCUT2D eigenvalue weighted by Crippen LogP contribution is -2.19. The molecule has 2 N–H and O–H groups in total. The molecule has 0 unspecified atom stereocenters. The lowest BCUT2D eigenvalue weighted by molar-refractivity contribution is -0.384. The first-order chi connectivity index (χ1) is 15.9. The molecule has 2 amide bonds. The Morgan fingerprint density at radius 3 is 1.97 bits per heavy atom. The van der Waals surface area contributed by atoms with E-state index >= 15 is 0 Å². The van der Waals surface area contributed by atoms with Crippen molar-refractivity contribution in [3.63, 3.8) is 0 Å². The molecule has 1 fully saturated rings. The molecule has 0 aliphatic carbocycles. The van der Waals surface area contributed by atoms with Crippen LogP contribution in [0.25, 0.3) is 0 Å². The van der Waals surface area contributed by atoms with Gasteiger partial charge in [-0.05, 0) is 68.3 Å². The summed E-state index contributed by atoms with van der Waals surface area (Å²) in [5, 5.41) is 17.1. The smallest absolute Gasteiger partial charge is 0.293 e. The topological polar surface area (TPSA) is 105 Å². The Bertz CT molecular complexity index is 1200. The van der Waals surface area contributed by atoms with E-state index in [1.807, 2.05) is 24.0 Å². The van der Waals surface area contributed by atoms with Crippen LogP contribution in [0.4, 0.5) is 22.7 Å². The second-order valence-electron chi connectivity index (χ2n) is 8.01. The van der Waals surface area contributed by atoms with Gasteiger partial charge in [0.1, 0.15) is 5.69 Å². The fourth-order valence-electron chi connectivity index (χ4n) is 3.87. The van der Waals surface area contributed by atoms with Crippen molar-refractivity contribution < 1.29 is 14.5 Å². The number of anilines is 3. The van der Waals surface area contributed by atoms with E-state index in [2.05, 4.69) is 10.6 Å². The van der Waals surface area contributed by atoms with E-state index < -0.39 is 10.8 Å². The highest BCUT2D eigenvalue weighted by Gasteiger charge is 2.24. The molecule has 1 heterocycles. The number of benzene rings is 3. The highest BCUT2D eigenvalue weighted by Crippen LogP contribution is 2.32. The van der Waals surface area contributed by atoms with Crippen LogP contribution >= 0.6 is 0 Å². The lowest BCUT2D eigenvalue weighted by atomic mass is 10.1. The van der Waals surface area contributed by atoms with Crippen LogP contribution in [0.15, 0.2) is 66.7 Å². The van der Waals surface area contributed by atoms with E-state index in [4.69, 9.17) is 0 Å². The van der Waals surface area contributed by atoms with Gasteiger partial charge in [0.25, 0.3) is 17.5 Å². The van der Waals surface area contributed by atoms with Gasteiger partial charge in [0.05, 0.1) is 4.92 Å². The van der Waals surface area contributed by atoms with Crippen molar-refractivity contribution in [3.8, 4) is 0 Å². The van der Waals surface area contributed by atoms with E-state index in [1.165, 1.54) is 6.07 Å². The number of rotatable bonds is 6. The van der Waals surface area contributed by atoms with Gasteiger partial charge in [0.2, 0.25) is 0 Å². The zero-order valence-corrected chi connectivity index (χ0v) is 18.2. The summed E-state index contributed by atoms with van der Waals surface area (Å²) in [6.45, 7) is 3.47. The number of nitrogens with one attached hydrogen (secondary N) is 2. The molecule has 1 aliphatic heterocycles. The molecule has 0 spiro atoms. The quantitative estimate of drug-likeness (QED) is 0.411. The SMILES string of the molecule is Cc1cccc(C(=O)Nc2ccc(NC(=O)c3ccc(N4CCCC4)c([N+](=O)[O-])c3)cc2)c1. The summed E-state index contributed by atoms with van der Waals surface area (Å²) in [5.41, 5.74) is 3.34. The zero-order valence-electron chi connectivity index (χ0n) is 18.2. The maximum atomic E-state index is 12.7. The second-order valence-corrected chi connectivity index (χ2v) is 8.01. The molecule has 8 nitrogen and oxygen atoms in total. The molecule has 0 atom stereocenters. The highest BCUT2D eigenvalue weighted by atomic mass is 16.6. The minimum absolute atomic E-state index is 0.0706. The molecule has 1 saturated heterocycles. The van der Waals surface area contributed by atoms with Crippen molar-refractivity contribution in [3.05, 3.63) is 93.5 Å². The van der Waals surface area contributed by atoms with E-state index in [0.717, 1.165) is 31.5 Å². The van der Waals surface area contributed by atoms with Crippen LogP contribution < -0.4 is 15.5 Å². The van der Waals surface area contributed by atoms with Gasteiger partial charge in [-0.25, -0.2) is 0 Å². The average molecular weight is 444 g/mol. The molecule has 1 aliphatic rings. The van der Waals surface area contributed by atoms with Crippen LogP contribution in [-0.4, -0.2) is 29.8 Å². The van der Waals surface area contributed by atoms with Crippen molar-refractivity contribution in [2.24, 2.45) is 0 Å². The van der Waals surface area contributed by atoms with Crippen molar-refractivity contribution >= 4 is 34.6 Å². The summed E-state index contributed by atoms with van der Waals surface area (Å²) in [4.78, 5) is 38.2. The first kappa shape index (κ1) is 22.0. The van der Waals surface area contributed by atoms with Crippen molar-refractivity contribution in [2.75, 3.05) is 28.6 Å². The van der Waals surface area contributed by atoms with Crippen LogP contribution in [0.3, 0.4) is 0 Å². The van der Waals surface area contributed by atoms with E-state index in [9.17, 15) is 19.7 Å². The molecular formula is C25H24N4O4. The highest BCUT2D eigenvalue weighted by molar-refractivity contribution is 6.06. The van der Waals surface area contributed by atoms with E-state index in [1.54, 1.807) is 48.5 Å². The number of carbonyl (C=O) groups is 2. The molecule has 3 aromatic carbocycles. The maximum Gasteiger partial charge on any atom is 0.293 e. The number of aryl methyl sites for hydroxylation is 1. The van der Waals surface area contributed by atoms with Gasteiger partial charge in [0.15, 0.2) is 0 Å². The molecule has 168 valence electrons. The van der Waals surface area contributed by atoms with Crippen LogP contribution in [0.5, 0.6) is 0 Å². The molecule has 3 aromatic rings. The van der Waals surface area contributed by atoms with Gasteiger partial charge in [-0.1, -0.05) is 17.7 Å². The third-order valence-electron chi connectivity index (χ3n) is 5.56. The lowest BCUT2D eigenvalue weighted by Gasteiger charge is -2.17. The maximum absolute atomic E-state index is 12.7. The normalized spacial score (nSPS) is 12.9. The second kappa shape index (κ2) is 9.52. The van der Waals surface area contributed by atoms with Crippen LogP contribution in [0.1, 0.15) is 39.1 Å². The summed E-state index contributed by atoms with van der Waals surface area (Å²) in [6, 6.07) is 18.5. The van der Waals surface area contributed by atoms with Crippen LogP contribution in [0, 0.1) is 17.0 Å². The number of nitro benzene ring substituents is 1. The molecule has 0 aromatic heterocycles. The van der Waals surface area contributed by atoms with Gasteiger partial charge < -0.3 is 15.5 Å². The predicted molar refractivity (Wildman–Crippen MR) is 128 cm³/mol. The zero-order chi connectivity index (χ0) is 23.4. The van der Waals surface area contributed by atoms with E-state index in [0.29, 0.717) is 22.6 Å². The number of nitrogens with zero attached hydrogens (tertiary/aromatic N) is 2. The minimum atomic E-state index is -0.448. The Hall–Kier alpha value is -4.20. The Labute approximate surface area is 191 Å². The molecule has 33 heavy (non-hydrogen) atoms. The van der Waals surface area contributed by atoms with Crippen LogP contribution in [-0.2, 0) is 0 Å². The number of nitro groups is 1. The van der Waals surface area contributed by atoms with Gasteiger partial charge in [-0.15, -0.1) is 0 Å². The third kappa shape index (κ3) is 5.17. The summed E-state index contributed by atoms with van der Waals surface area (Å²) in [7, 11) is 0. The Morgan fingerprint density at radius 1 is 0.848 bits per heavy atom. The summed E-state index contributed by atoms with van der Waals surface area (Å²) in [6.07, 6.45) is 2.00. The van der Waals surface area contributed by atoms with Gasteiger partial charge >= 0.3 is 0 Å². The Balaban J connectivity index is 1.43. The van der Waals surface area contributed by atoms with Crippen LogP contribution in [0.2, 0.25) is 0 Å². The van der Waals surface area contributed by atoms with Gasteiger partial charge in [-0.2, -0.15) is 0 Å². The summed E-state index contributed by atoms with van der Waals surface area (Å²) < 4.78 is 0. The molecule has 4 rings (SSSR count). The standard InChI is InChI=1S/C25H24N4O4/c1-17-5-4-6-18(15-17)24(30)26-20-8-10-21(11-9-20)27-25(31)19-7-12-22(23(16-19)29(32)33)28-13-2-3-14-28/h4-12,15-16H,2-3,13-14H2,1H3,(H,26,30)(H,27,31). The molecule has 0 saturated carbocycles. The largest absolute Gasteiger partial charge is 0.366 e. The van der Waals surface area contributed by atoms with E-state index in [-0.39, 0.29) is 17.2 Å². The van der Waals surface area contributed by atoms with Crippen molar-refractivity contribution in [1.29, 1.82) is 0 Å².